The fourth-order valence-corrected chi connectivity index (χ4v) is 2.57. The largest absolute Gasteiger partial charge is 0.393 e. The van der Waals surface area contributed by atoms with Gasteiger partial charge in [0.1, 0.15) is 0 Å². The van der Waals surface area contributed by atoms with E-state index in [1.165, 1.54) is 0 Å². The fourth-order valence-electron chi connectivity index (χ4n) is 2.57. The molecule has 0 aliphatic heterocycles. The van der Waals surface area contributed by atoms with Gasteiger partial charge in [-0.05, 0) is 38.0 Å². The molecule has 2 saturated carbocycles. The average molecular weight is 142 g/mol. The third kappa shape index (κ3) is 0.663. The van der Waals surface area contributed by atoms with E-state index in [2.05, 4.69) is 0 Å². The summed E-state index contributed by atoms with van der Waals surface area (Å²) >= 11 is 0. The number of hydrogen-bond donors (Lipinski definition) is 2. The van der Waals surface area contributed by atoms with Crippen LogP contribution in [0.4, 0.5) is 0 Å². The second-order valence-corrected chi connectivity index (χ2v) is 3.98. The predicted octanol–water partition coefficient (Wildman–Crippen LogP) is 0.528. The summed E-state index contributed by atoms with van der Waals surface area (Å²) < 4.78 is 0. The molecule has 2 aliphatic carbocycles. The smallest absolute Gasteiger partial charge is 0.0655 e. The molecule has 2 heteroatoms. The van der Waals surface area contributed by atoms with Gasteiger partial charge in [0.05, 0.1) is 11.7 Å². The number of rotatable bonds is 0. The van der Waals surface area contributed by atoms with Crippen molar-refractivity contribution in [2.24, 2.45) is 11.8 Å². The van der Waals surface area contributed by atoms with Gasteiger partial charge in [-0.15, -0.1) is 0 Å². The van der Waals surface area contributed by atoms with Crippen molar-refractivity contribution in [1.82, 2.24) is 0 Å². The van der Waals surface area contributed by atoms with Crippen LogP contribution in [0.15, 0.2) is 0 Å². The summed E-state index contributed by atoms with van der Waals surface area (Å²) in [5, 5.41) is 18.9. The lowest BCUT2D eigenvalue weighted by atomic mass is 9.63. The summed E-state index contributed by atoms with van der Waals surface area (Å²) in [7, 11) is 0. The monoisotopic (exact) mass is 142 g/mol. The van der Waals surface area contributed by atoms with Gasteiger partial charge in [-0.1, -0.05) is 0 Å². The molecule has 0 amide bonds. The molecule has 0 heterocycles. The van der Waals surface area contributed by atoms with Crippen LogP contribution in [0.25, 0.3) is 0 Å². The minimum Gasteiger partial charge on any atom is -0.393 e. The van der Waals surface area contributed by atoms with Gasteiger partial charge < -0.3 is 10.2 Å². The molecule has 2 aliphatic rings. The molecule has 4 unspecified atom stereocenters. The lowest BCUT2D eigenvalue weighted by molar-refractivity contribution is -0.131. The van der Waals surface area contributed by atoms with E-state index >= 15 is 0 Å². The molecule has 0 radical (unpaired) electrons. The zero-order chi connectivity index (χ0) is 7.35. The zero-order valence-electron chi connectivity index (χ0n) is 6.25. The number of aliphatic hydroxyl groups excluding tert-OH is 1. The van der Waals surface area contributed by atoms with E-state index in [-0.39, 0.29) is 6.10 Å². The first-order valence-electron chi connectivity index (χ1n) is 4.02. The standard InChI is InChI=1S/C8H14O2/c1-8(10)4-5-6(8)2-3-7(5)9/h5-7,9-10H,2-4H2,1H3. The zero-order valence-corrected chi connectivity index (χ0v) is 6.25. The van der Waals surface area contributed by atoms with Crippen molar-refractivity contribution < 1.29 is 10.2 Å². The molecule has 10 heavy (non-hydrogen) atoms. The second-order valence-electron chi connectivity index (χ2n) is 3.98. The maximum absolute atomic E-state index is 9.59. The third-order valence-electron chi connectivity index (χ3n) is 3.23. The van der Waals surface area contributed by atoms with Crippen LogP contribution in [0.2, 0.25) is 0 Å². The summed E-state index contributed by atoms with van der Waals surface area (Å²) in [4.78, 5) is 0. The van der Waals surface area contributed by atoms with Gasteiger partial charge in [0.15, 0.2) is 0 Å². The highest BCUT2D eigenvalue weighted by Crippen LogP contribution is 2.53. The predicted molar refractivity (Wildman–Crippen MR) is 37.5 cm³/mol. The van der Waals surface area contributed by atoms with Crippen molar-refractivity contribution in [3.05, 3.63) is 0 Å². The Bertz CT molecular complexity index is 153. The number of hydrogen-bond acceptors (Lipinski definition) is 2. The molecule has 2 nitrogen and oxygen atoms in total. The summed E-state index contributed by atoms with van der Waals surface area (Å²) in [5.41, 5.74) is -0.456. The van der Waals surface area contributed by atoms with E-state index in [1.807, 2.05) is 6.92 Å². The third-order valence-corrected chi connectivity index (χ3v) is 3.23. The average Bonchev–Trinajstić information content (AvgIpc) is 2.09. The highest BCUT2D eigenvalue weighted by atomic mass is 16.3. The molecule has 0 spiro atoms. The van der Waals surface area contributed by atoms with E-state index in [4.69, 9.17) is 0 Å². The van der Waals surface area contributed by atoms with Crippen molar-refractivity contribution in [3.8, 4) is 0 Å². The van der Waals surface area contributed by atoms with Crippen molar-refractivity contribution in [1.29, 1.82) is 0 Å². The second kappa shape index (κ2) is 1.74. The first-order chi connectivity index (χ1) is 4.61. The SMILES string of the molecule is CC1(O)CC2C(O)CCC21. The highest BCUT2D eigenvalue weighted by Gasteiger charge is 2.55. The van der Waals surface area contributed by atoms with Gasteiger partial charge in [-0.25, -0.2) is 0 Å². The van der Waals surface area contributed by atoms with Gasteiger partial charge in [-0.2, -0.15) is 0 Å². The van der Waals surface area contributed by atoms with E-state index in [1.54, 1.807) is 0 Å². The highest BCUT2D eigenvalue weighted by molar-refractivity contribution is 5.05. The van der Waals surface area contributed by atoms with E-state index in [9.17, 15) is 10.2 Å². The summed E-state index contributed by atoms with van der Waals surface area (Å²) in [6.45, 7) is 1.88. The topological polar surface area (TPSA) is 40.5 Å². The maximum Gasteiger partial charge on any atom is 0.0655 e. The number of fused-ring (bicyclic) bond motifs is 1. The molecule has 2 fully saturated rings. The van der Waals surface area contributed by atoms with Crippen LogP contribution < -0.4 is 0 Å². The first kappa shape index (κ1) is 6.62. The summed E-state index contributed by atoms with van der Waals surface area (Å²) in [5.74, 6) is 0.803. The van der Waals surface area contributed by atoms with Gasteiger partial charge in [-0.3, -0.25) is 0 Å². The Kier molecular flexibility index (Phi) is 1.15. The molecule has 2 N–H and O–H groups in total. The van der Waals surface area contributed by atoms with Crippen LogP contribution in [-0.2, 0) is 0 Å². The molecule has 4 atom stereocenters. The van der Waals surface area contributed by atoms with E-state index in [0.29, 0.717) is 11.8 Å². The Morgan fingerprint density at radius 3 is 2.50 bits per heavy atom. The Morgan fingerprint density at radius 2 is 2.10 bits per heavy atom. The molecular weight excluding hydrogens is 128 g/mol. The van der Waals surface area contributed by atoms with Crippen LogP contribution in [0.1, 0.15) is 26.2 Å². The number of aliphatic hydroxyl groups is 2. The van der Waals surface area contributed by atoms with Crippen molar-refractivity contribution in [2.45, 2.75) is 37.9 Å². The van der Waals surface area contributed by atoms with Crippen LogP contribution in [0.5, 0.6) is 0 Å². The molecule has 0 saturated heterocycles. The lowest BCUT2D eigenvalue weighted by Crippen LogP contribution is -2.51. The molecule has 0 aromatic heterocycles. The fraction of sp³-hybridized carbons (Fsp3) is 1.00. The molecule has 0 bridgehead atoms. The van der Waals surface area contributed by atoms with Crippen LogP contribution in [0.3, 0.4) is 0 Å². The van der Waals surface area contributed by atoms with E-state index in [0.717, 1.165) is 19.3 Å². The molecule has 2 rings (SSSR count). The van der Waals surface area contributed by atoms with Crippen molar-refractivity contribution >= 4 is 0 Å². The van der Waals surface area contributed by atoms with Crippen molar-refractivity contribution in [2.75, 3.05) is 0 Å². The van der Waals surface area contributed by atoms with Gasteiger partial charge in [0.2, 0.25) is 0 Å². The Labute approximate surface area is 60.9 Å². The van der Waals surface area contributed by atoms with Crippen LogP contribution in [-0.4, -0.2) is 21.9 Å². The van der Waals surface area contributed by atoms with Crippen LogP contribution >= 0.6 is 0 Å². The Morgan fingerprint density at radius 1 is 1.40 bits per heavy atom. The summed E-state index contributed by atoms with van der Waals surface area (Å²) in [6, 6.07) is 0. The van der Waals surface area contributed by atoms with Crippen molar-refractivity contribution in [3.63, 3.8) is 0 Å². The van der Waals surface area contributed by atoms with Gasteiger partial charge in [0.25, 0.3) is 0 Å². The lowest BCUT2D eigenvalue weighted by Gasteiger charge is -2.47. The first-order valence-corrected chi connectivity index (χ1v) is 4.02. The minimum atomic E-state index is -0.456. The summed E-state index contributed by atoms with van der Waals surface area (Å²) in [6.07, 6.45) is 2.59. The molecule has 0 aromatic carbocycles. The van der Waals surface area contributed by atoms with Gasteiger partial charge in [0, 0.05) is 0 Å². The quantitative estimate of drug-likeness (QED) is 0.518. The molecule has 58 valence electrons. The van der Waals surface area contributed by atoms with Gasteiger partial charge >= 0.3 is 0 Å². The Balaban J connectivity index is 2.09. The molecular formula is C8H14O2. The maximum atomic E-state index is 9.59. The Hall–Kier alpha value is -0.0800. The minimum absolute atomic E-state index is 0.120. The molecule has 0 aromatic rings. The van der Waals surface area contributed by atoms with Crippen LogP contribution in [0, 0.1) is 11.8 Å². The normalized spacial score (nSPS) is 59.7. The van der Waals surface area contributed by atoms with E-state index < -0.39 is 5.60 Å².